The van der Waals surface area contributed by atoms with Crippen molar-refractivity contribution in [2.24, 2.45) is 0 Å². The number of nitrogens with one attached hydrogen (secondary N) is 1. The summed E-state index contributed by atoms with van der Waals surface area (Å²) in [4.78, 5) is 36.5. The van der Waals surface area contributed by atoms with E-state index in [9.17, 15) is 14.4 Å². The maximum Gasteiger partial charge on any atom is 0.346 e. The molecule has 138 valence electrons. The highest BCUT2D eigenvalue weighted by Gasteiger charge is 2.56. The van der Waals surface area contributed by atoms with Crippen LogP contribution in [-0.2, 0) is 11.2 Å². The lowest BCUT2D eigenvalue weighted by atomic mass is 9.88. The third-order valence-corrected chi connectivity index (χ3v) is 5.50. The standard InChI is InChI=1S/C21H20N2O4/c24-19(22-9-8-14-4-3-5-15(12-14)21(26)27)18-13-23(10-11-23)20(25)17-7-2-1-6-16(17)18/h1-7,12,18H,8-11,13H2,(H-,22,24,26,27)/p+1/t18-/m0/s1. The summed E-state index contributed by atoms with van der Waals surface area (Å²) in [5, 5.41) is 12.0. The van der Waals surface area contributed by atoms with Gasteiger partial charge in [0.1, 0.15) is 25.6 Å². The van der Waals surface area contributed by atoms with Crippen LogP contribution in [-0.4, -0.2) is 53.6 Å². The Morgan fingerprint density at radius 2 is 1.89 bits per heavy atom. The Bertz CT molecular complexity index is 933. The molecule has 0 bridgehead atoms. The predicted octanol–water partition coefficient (Wildman–Crippen LogP) is 1.81. The smallest absolute Gasteiger partial charge is 0.346 e. The monoisotopic (exact) mass is 365 g/mol. The fraction of sp³-hybridized carbons (Fsp3) is 0.286. The molecule has 0 saturated carbocycles. The number of benzene rings is 2. The van der Waals surface area contributed by atoms with E-state index < -0.39 is 5.97 Å². The number of hydrogen-bond acceptors (Lipinski definition) is 3. The molecule has 2 aliphatic rings. The Morgan fingerprint density at radius 3 is 2.63 bits per heavy atom. The molecule has 1 spiro atoms. The molecule has 2 amide bonds. The highest BCUT2D eigenvalue weighted by molar-refractivity contribution is 5.97. The van der Waals surface area contributed by atoms with Gasteiger partial charge >= 0.3 is 11.9 Å². The van der Waals surface area contributed by atoms with Gasteiger partial charge in [-0.25, -0.2) is 14.1 Å². The molecule has 1 fully saturated rings. The number of fused-ring (bicyclic) bond motifs is 1. The molecule has 27 heavy (non-hydrogen) atoms. The average molecular weight is 365 g/mol. The van der Waals surface area contributed by atoms with Crippen molar-refractivity contribution in [3.63, 3.8) is 0 Å². The van der Waals surface area contributed by atoms with Crippen LogP contribution in [0.2, 0.25) is 0 Å². The molecule has 0 aromatic heterocycles. The fourth-order valence-electron chi connectivity index (χ4n) is 3.83. The first kappa shape index (κ1) is 17.4. The first-order valence-corrected chi connectivity index (χ1v) is 9.10. The number of quaternary nitrogens is 1. The van der Waals surface area contributed by atoms with Crippen LogP contribution < -0.4 is 5.32 Å². The van der Waals surface area contributed by atoms with Crippen LogP contribution >= 0.6 is 0 Å². The van der Waals surface area contributed by atoms with Crippen LogP contribution in [0.5, 0.6) is 0 Å². The van der Waals surface area contributed by atoms with Crippen LogP contribution in [0.15, 0.2) is 48.5 Å². The van der Waals surface area contributed by atoms with Crippen molar-refractivity contribution in [3.8, 4) is 0 Å². The molecular formula is C21H21N2O4+. The summed E-state index contributed by atoms with van der Waals surface area (Å²) in [6, 6.07) is 14.1. The number of nitrogens with zero attached hydrogens (tertiary/aromatic N) is 1. The quantitative estimate of drug-likeness (QED) is 0.625. The number of amides is 2. The summed E-state index contributed by atoms with van der Waals surface area (Å²) in [5.41, 5.74) is 2.58. The van der Waals surface area contributed by atoms with Gasteiger partial charge in [-0.15, -0.1) is 0 Å². The van der Waals surface area contributed by atoms with E-state index in [4.69, 9.17) is 5.11 Å². The molecule has 2 aliphatic heterocycles. The van der Waals surface area contributed by atoms with Gasteiger partial charge in [0.05, 0.1) is 11.1 Å². The molecule has 1 atom stereocenters. The maximum absolute atomic E-state index is 12.8. The maximum atomic E-state index is 12.8. The van der Waals surface area contributed by atoms with Gasteiger partial charge in [0.25, 0.3) is 0 Å². The van der Waals surface area contributed by atoms with E-state index in [2.05, 4.69) is 5.32 Å². The van der Waals surface area contributed by atoms with Gasteiger partial charge in [0, 0.05) is 6.54 Å². The Morgan fingerprint density at radius 1 is 1.11 bits per heavy atom. The van der Waals surface area contributed by atoms with Crippen molar-refractivity contribution in [2.75, 3.05) is 26.2 Å². The van der Waals surface area contributed by atoms with Crippen molar-refractivity contribution in [1.29, 1.82) is 0 Å². The molecule has 1 saturated heterocycles. The number of carbonyl (C=O) groups is 3. The summed E-state index contributed by atoms with van der Waals surface area (Å²) < 4.78 is 0.385. The number of carboxylic acids is 1. The highest BCUT2D eigenvalue weighted by atomic mass is 16.4. The average Bonchev–Trinajstić information content (AvgIpc) is 3.45. The minimum Gasteiger partial charge on any atom is -0.478 e. The summed E-state index contributed by atoms with van der Waals surface area (Å²) in [5.74, 6) is -1.24. The van der Waals surface area contributed by atoms with E-state index in [1.807, 2.05) is 30.3 Å². The van der Waals surface area contributed by atoms with Crippen molar-refractivity contribution in [2.45, 2.75) is 12.3 Å². The van der Waals surface area contributed by atoms with Gasteiger partial charge in [0.15, 0.2) is 0 Å². The largest absolute Gasteiger partial charge is 0.478 e. The molecule has 2 aromatic carbocycles. The molecule has 4 rings (SSSR count). The fourth-order valence-corrected chi connectivity index (χ4v) is 3.83. The van der Waals surface area contributed by atoms with Gasteiger partial charge in [-0.1, -0.05) is 30.3 Å². The lowest BCUT2D eigenvalue weighted by Crippen LogP contribution is -2.47. The van der Waals surface area contributed by atoms with Crippen molar-refractivity contribution < 1.29 is 24.0 Å². The normalized spacial score (nSPS) is 19.4. The second-order valence-electron chi connectivity index (χ2n) is 7.27. The van der Waals surface area contributed by atoms with E-state index >= 15 is 0 Å². The number of rotatable bonds is 5. The zero-order valence-corrected chi connectivity index (χ0v) is 14.9. The topological polar surface area (TPSA) is 83.5 Å². The number of hydrogen-bond donors (Lipinski definition) is 2. The number of carboxylic acid groups (broad SMARTS) is 1. The molecule has 2 N–H and O–H groups in total. The van der Waals surface area contributed by atoms with Gasteiger partial charge in [0.2, 0.25) is 5.91 Å². The Labute approximate surface area is 157 Å². The van der Waals surface area contributed by atoms with Gasteiger partial charge < -0.3 is 10.4 Å². The first-order chi connectivity index (χ1) is 13.0. The van der Waals surface area contributed by atoms with Crippen molar-refractivity contribution in [3.05, 3.63) is 70.8 Å². The Kier molecular flexibility index (Phi) is 4.28. The molecule has 6 nitrogen and oxygen atoms in total. The first-order valence-electron chi connectivity index (χ1n) is 9.10. The summed E-state index contributed by atoms with van der Waals surface area (Å²) in [7, 11) is 0. The third kappa shape index (κ3) is 3.24. The minimum absolute atomic E-state index is 0.0752. The summed E-state index contributed by atoms with van der Waals surface area (Å²) in [6.07, 6.45) is 0.556. The molecule has 0 unspecified atom stereocenters. The van der Waals surface area contributed by atoms with Gasteiger partial charge in [-0.3, -0.25) is 4.79 Å². The number of carbonyl (C=O) groups excluding carboxylic acids is 2. The SMILES string of the molecule is O=C(O)c1cccc(CCNC(=O)[C@H]2C[N+]3(CC3)C(=O)c3ccccc32)c1. The Balaban J connectivity index is 1.44. The molecule has 0 radical (unpaired) electrons. The molecule has 6 heteroatoms. The zero-order chi connectivity index (χ0) is 19.0. The zero-order valence-electron chi connectivity index (χ0n) is 14.9. The highest BCUT2D eigenvalue weighted by Crippen LogP contribution is 2.38. The van der Waals surface area contributed by atoms with E-state index in [1.54, 1.807) is 18.2 Å². The molecular weight excluding hydrogens is 344 g/mol. The predicted molar refractivity (Wildman–Crippen MR) is 98.5 cm³/mol. The second-order valence-corrected chi connectivity index (χ2v) is 7.27. The van der Waals surface area contributed by atoms with Crippen LogP contribution in [0.3, 0.4) is 0 Å². The molecule has 2 aromatic rings. The van der Waals surface area contributed by atoms with Gasteiger partial charge in [-0.2, -0.15) is 0 Å². The van der Waals surface area contributed by atoms with Crippen LogP contribution in [0.4, 0.5) is 0 Å². The molecule has 2 heterocycles. The Hall–Kier alpha value is -2.99. The van der Waals surface area contributed by atoms with E-state index in [0.29, 0.717) is 29.6 Å². The van der Waals surface area contributed by atoms with E-state index in [-0.39, 0.29) is 23.3 Å². The van der Waals surface area contributed by atoms with Crippen molar-refractivity contribution in [1.82, 2.24) is 5.32 Å². The number of aromatic carboxylic acids is 1. The summed E-state index contributed by atoms with van der Waals surface area (Å²) in [6.45, 7) is 2.56. The van der Waals surface area contributed by atoms with E-state index in [1.165, 1.54) is 0 Å². The second kappa shape index (κ2) is 6.63. The van der Waals surface area contributed by atoms with E-state index in [0.717, 1.165) is 24.2 Å². The molecule has 0 aliphatic carbocycles. The minimum atomic E-state index is -0.961. The van der Waals surface area contributed by atoms with Gasteiger partial charge in [-0.05, 0) is 35.7 Å². The lowest BCUT2D eigenvalue weighted by Gasteiger charge is -2.29. The van der Waals surface area contributed by atoms with Crippen LogP contribution in [0, 0.1) is 0 Å². The lowest BCUT2D eigenvalue weighted by molar-refractivity contribution is -0.713. The van der Waals surface area contributed by atoms with Crippen LogP contribution in [0.25, 0.3) is 0 Å². The van der Waals surface area contributed by atoms with Crippen molar-refractivity contribution >= 4 is 17.8 Å². The summed E-state index contributed by atoms with van der Waals surface area (Å²) >= 11 is 0. The third-order valence-electron chi connectivity index (χ3n) is 5.50. The van der Waals surface area contributed by atoms with Crippen LogP contribution in [0.1, 0.15) is 37.8 Å².